The maximum Gasteiger partial charge on any atom is 0.239 e. The van der Waals surface area contributed by atoms with Crippen LogP contribution in [-0.4, -0.2) is 15.0 Å². The molecule has 0 radical (unpaired) electrons. The van der Waals surface area contributed by atoms with E-state index in [0.717, 1.165) is 17.6 Å². The van der Waals surface area contributed by atoms with E-state index in [1.165, 1.54) is 4.88 Å². The summed E-state index contributed by atoms with van der Waals surface area (Å²) in [5.41, 5.74) is 2.26. The third-order valence-electron chi connectivity index (χ3n) is 2.23. The van der Waals surface area contributed by atoms with Crippen molar-refractivity contribution < 1.29 is 4.39 Å². The third kappa shape index (κ3) is 2.90. The smallest absolute Gasteiger partial charge is 0.239 e. The first kappa shape index (κ1) is 12.7. The van der Waals surface area contributed by atoms with Gasteiger partial charge in [0.2, 0.25) is 5.95 Å². The Hall–Kier alpha value is -1.80. The predicted molar refractivity (Wildman–Crippen MR) is 68.6 cm³/mol. The van der Waals surface area contributed by atoms with Crippen LogP contribution < -0.4 is 16.6 Å². The first-order valence-corrected chi connectivity index (χ1v) is 6.21. The molecule has 0 aliphatic rings. The number of aryl methyl sites for hydroxylation is 1. The summed E-state index contributed by atoms with van der Waals surface area (Å²) in [5.74, 6) is 4.90. The van der Waals surface area contributed by atoms with Gasteiger partial charge in [-0.3, -0.25) is 5.43 Å². The zero-order valence-electron chi connectivity index (χ0n) is 9.77. The number of halogens is 1. The van der Waals surface area contributed by atoms with Crippen molar-refractivity contribution in [3.63, 3.8) is 0 Å². The fraction of sp³-hybridized carbons (Fsp3) is 0.300. The van der Waals surface area contributed by atoms with E-state index in [1.807, 2.05) is 6.20 Å². The van der Waals surface area contributed by atoms with Crippen molar-refractivity contribution in [2.24, 2.45) is 5.84 Å². The SMILES string of the molecule is CCc1cnc(CNc2nc(NN)ncc2F)s1. The Morgan fingerprint density at radius 2 is 2.22 bits per heavy atom. The molecule has 0 unspecified atom stereocenters. The molecule has 0 aliphatic carbocycles. The first-order chi connectivity index (χ1) is 8.72. The molecule has 0 saturated heterocycles. The predicted octanol–water partition coefficient (Wildman–Crippen LogP) is 1.53. The van der Waals surface area contributed by atoms with E-state index < -0.39 is 5.82 Å². The number of thiazole rings is 1. The minimum absolute atomic E-state index is 0.103. The Balaban J connectivity index is 2.05. The molecule has 0 amide bonds. The second-order valence-electron chi connectivity index (χ2n) is 3.46. The maximum absolute atomic E-state index is 13.4. The fourth-order valence-corrected chi connectivity index (χ4v) is 2.12. The van der Waals surface area contributed by atoms with Crippen LogP contribution in [0.5, 0.6) is 0 Å². The molecule has 0 saturated carbocycles. The summed E-state index contributed by atoms with van der Waals surface area (Å²) in [5, 5.41) is 3.75. The van der Waals surface area contributed by atoms with Crippen molar-refractivity contribution in [2.45, 2.75) is 19.9 Å². The van der Waals surface area contributed by atoms with E-state index in [4.69, 9.17) is 5.84 Å². The average Bonchev–Trinajstić information content (AvgIpc) is 2.86. The minimum atomic E-state index is -0.527. The molecule has 0 fully saturated rings. The summed E-state index contributed by atoms with van der Waals surface area (Å²) in [4.78, 5) is 12.9. The van der Waals surface area contributed by atoms with Crippen LogP contribution in [0.3, 0.4) is 0 Å². The third-order valence-corrected chi connectivity index (χ3v) is 3.37. The van der Waals surface area contributed by atoms with Crippen LogP contribution in [0.2, 0.25) is 0 Å². The molecule has 0 aromatic carbocycles. The highest BCUT2D eigenvalue weighted by atomic mass is 32.1. The molecule has 0 bridgehead atoms. The Morgan fingerprint density at radius 1 is 1.39 bits per heavy atom. The van der Waals surface area contributed by atoms with Gasteiger partial charge in [-0.1, -0.05) is 6.92 Å². The maximum atomic E-state index is 13.4. The number of nitrogen functional groups attached to an aromatic ring is 1. The standard InChI is InChI=1S/C10H13FN6S/c1-2-6-3-13-8(18-6)5-14-9-7(11)4-15-10(16-9)17-12/h3-4H,2,5,12H2,1H3,(H2,14,15,16,17). The summed E-state index contributed by atoms with van der Waals surface area (Å²) in [6.45, 7) is 2.48. The number of hydrogen-bond donors (Lipinski definition) is 3. The largest absolute Gasteiger partial charge is 0.361 e. The van der Waals surface area contributed by atoms with Gasteiger partial charge < -0.3 is 5.32 Å². The van der Waals surface area contributed by atoms with Gasteiger partial charge in [-0.25, -0.2) is 20.2 Å². The number of aromatic nitrogens is 3. The number of rotatable bonds is 5. The van der Waals surface area contributed by atoms with Crippen molar-refractivity contribution in [3.05, 3.63) is 28.1 Å². The van der Waals surface area contributed by atoms with Crippen LogP contribution in [0.15, 0.2) is 12.4 Å². The molecule has 2 aromatic heterocycles. The number of hydrazine groups is 1. The molecule has 0 atom stereocenters. The van der Waals surface area contributed by atoms with Crippen molar-refractivity contribution in [3.8, 4) is 0 Å². The Morgan fingerprint density at radius 3 is 2.89 bits per heavy atom. The van der Waals surface area contributed by atoms with Crippen molar-refractivity contribution in [1.29, 1.82) is 0 Å². The van der Waals surface area contributed by atoms with Crippen molar-refractivity contribution in [1.82, 2.24) is 15.0 Å². The monoisotopic (exact) mass is 268 g/mol. The quantitative estimate of drug-likeness (QED) is 0.563. The molecular weight excluding hydrogens is 255 g/mol. The van der Waals surface area contributed by atoms with Crippen LogP contribution in [0.1, 0.15) is 16.8 Å². The van der Waals surface area contributed by atoms with Gasteiger partial charge >= 0.3 is 0 Å². The Kier molecular flexibility index (Phi) is 4.00. The summed E-state index contributed by atoms with van der Waals surface area (Å²) < 4.78 is 13.4. The average molecular weight is 268 g/mol. The Labute approximate surface area is 107 Å². The number of nitrogens with zero attached hydrogens (tertiary/aromatic N) is 3. The highest BCUT2D eigenvalue weighted by molar-refractivity contribution is 7.11. The minimum Gasteiger partial charge on any atom is -0.361 e. The van der Waals surface area contributed by atoms with Gasteiger partial charge in [-0.15, -0.1) is 11.3 Å². The fourth-order valence-electron chi connectivity index (χ4n) is 1.31. The molecule has 18 heavy (non-hydrogen) atoms. The number of anilines is 2. The Bertz CT molecular complexity index is 529. The van der Waals surface area contributed by atoms with Gasteiger partial charge in [-0.2, -0.15) is 4.98 Å². The van der Waals surface area contributed by atoms with Crippen LogP contribution >= 0.6 is 11.3 Å². The molecule has 8 heteroatoms. The lowest BCUT2D eigenvalue weighted by molar-refractivity contribution is 0.617. The van der Waals surface area contributed by atoms with Crippen LogP contribution in [0, 0.1) is 5.82 Å². The lowest BCUT2D eigenvalue weighted by Gasteiger charge is -2.05. The molecule has 6 nitrogen and oxygen atoms in total. The first-order valence-electron chi connectivity index (χ1n) is 5.39. The molecule has 0 spiro atoms. The van der Waals surface area contributed by atoms with E-state index in [9.17, 15) is 4.39 Å². The number of nitrogens with one attached hydrogen (secondary N) is 2. The van der Waals surface area contributed by atoms with E-state index in [2.05, 4.69) is 32.6 Å². The molecule has 2 heterocycles. The van der Waals surface area contributed by atoms with Gasteiger partial charge in [0.15, 0.2) is 11.6 Å². The van der Waals surface area contributed by atoms with Crippen LogP contribution in [-0.2, 0) is 13.0 Å². The number of hydrogen-bond acceptors (Lipinski definition) is 7. The van der Waals surface area contributed by atoms with E-state index in [1.54, 1.807) is 11.3 Å². The van der Waals surface area contributed by atoms with Crippen molar-refractivity contribution in [2.75, 3.05) is 10.7 Å². The van der Waals surface area contributed by atoms with Gasteiger partial charge in [0.25, 0.3) is 0 Å². The highest BCUT2D eigenvalue weighted by Gasteiger charge is 2.07. The van der Waals surface area contributed by atoms with Gasteiger partial charge in [0.05, 0.1) is 12.7 Å². The molecule has 96 valence electrons. The second-order valence-corrected chi connectivity index (χ2v) is 4.66. The van der Waals surface area contributed by atoms with Crippen molar-refractivity contribution >= 4 is 23.1 Å². The van der Waals surface area contributed by atoms with Crippen LogP contribution in [0.25, 0.3) is 0 Å². The van der Waals surface area contributed by atoms with Gasteiger partial charge in [0, 0.05) is 11.1 Å². The molecule has 2 aromatic rings. The lowest BCUT2D eigenvalue weighted by Crippen LogP contribution is -2.12. The summed E-state index contributed by atoms with van der Waals surface area (Å²) in [7, 11) is 0. The molecule has 2 rings (SSSR count). The zero-order chi connectivity index (χ0) is 13.0. The molecular formula is C10H13FN6S. The second kappa shape index (κ2) is 5.69. The summed E-state index contributed by atoms with van der Waals surface area (Å²) in [6, 6.07) is 0. The lowest BCUT2D eigenvalue weighted by atomic mass is 10.4. The van der Waals surface area contributed by atoms with Crippen LogP contribution in [0.4, 0.5) is 16.2 Å². The van der Waals surface area contributed by atoms with Gasteiger partial charge in [-0.05, 0) is 6.42 Å². The van der Waals surface area contributed by atoms with Gasteiger partial charge in [0.1, 0.15) is 5.01 Å². The topological polar surface area (TPSA) is 88.8 Å². The summed E-state index contributed by atoms with van der Waals surface area (Å²) >= 11 is 1.59. The van der Waals surface area contributed by atoms with E-state index >= 15 is 0 Å². The molecule has 0 aliphatic heterocycles. The molecule has 4 N–H and O–H groups in total. The normalized spacial score (nSPS) is 10.4. The highest BCUT2D eigenvalue weighted by Crippen LogP contribution is 2.16. The zero-order valence-corrected chi connectivity index (χ0v) is 10.6. The number of nitrogens with two attached hydrogens (primary N) is 1. The summed E-state index contributed by atoms with van der Waals surface area (Å²) in [6.07, 6.45) is 3.83. The van der Waals surface area contributed by atoms with E-state index in [0.29, 0.717) is 6.54 Å². The van der Waals surface area contributed by atoms with E-state index in [-0.39, 0.29) is 11.8 Å².